The third kappa shape index (κ3) is 5.23. The van der Waals surface area contributed by atoms with E-state index in [2.05, 4.69) is 41.0 Å². The number of carbonyl (C=O) groups is 1. The molecule has 0 saturated carbocycles. The predicted molar refractivity (Wildman–Crippen MR) is 139 cm³/mol. The van der Waals surface area contributed by atoms with E-state index in [-0.39, 0.29) is 5.91 Å². The quantitative estimate of drug-likeness (QED) is 0.540. The number of aryl methyl sites for hydroxylation is 2. The average molecular weight is 494 g/mol. The summed E-state index contributed by atoms with van der Waals surface area (Å²) in [4.78, 5) is 21.9. The fourth-order valence-electron chi connectivity index (χ4n) is 5.31. The molecule has 2 aromatic carbocycles. The molecule has 36 heavy (non-hydrogen) atoms. The molecule has 0 bridgehead atoms. The van der Waals surface area contributed by atoms with Crippen LogP contribution in [0.15, 0.2) is 54.7 Å². The van der Waals surface area contributed by atoms with Crippen molar-refractivity contribution in [2.75, 3.05) is 62.2 Å². The molecular weight excluding hydrogens is 460 g/mol. The number of hydrogen-bond donors (Lipinski definition) is 0. The summed E-state index contributed by atoms with van der Waals surface area (Å²) >= 11 is 0. The van der Waals surface area contributed by atoms with Crippen LogP contribution in [-0.4, -0.2) is 72.6 Å². The molecule has 3 heterocycles. The van der Waals surface area contributed by atoms with Crippen molar-refractivity contribution in [3.8, 4) is 0 Å². The van der Waals surface area contributed by atoms with E-state index in [0.717, 1.165) is 44.4 Å². The summed E-state index contributed by atoms with van der Waals surface area (Å²) in [6.45, 7) is 9.02. The van der Waals surface area contributed by atoms with Crippen LogP contribution in [0.5, 0.6) is 0 Å². The van der Waals surface area contributed by atoms with Gasteiger partial charge in [-0.2, -0.15) is 0 Å². The zero-order chi connectivity index (χ0) is 25.2. The van der Waals surface area contributed by atoms with Crippen molar-refractivity contribution in [2.45, 2.75) is 13.5 Å². The molecule has 0 N–H and O–H groups in total. The van der Waals surface area contributed by atoms with Crippen LogP contribution in [0.4, 0.5) is 20.2 Å². The molecular formula is C28H33F2N5O. The number of anilines is 2. The third-order valence-electron chi connectivity index (χ3n) is 7.29. The number of carbonyl (C=O) groups excluding carboxylic acids is 1. The van der Waals surface area contributed by atoms with Gasteiger partial charge >= 0.3 is 0 Å². The lowest BCUT2D eigenvalue weighted by Crippen LogP contribution is -2.49. The summed E-state index contributed by atoms with van der Waals surface area (Å²) in [7, 11) is 1.92. The van der Waals surface area contributed by atoms with Crippen LogP contribution >= 0.6 is 0 Å². The molecule has 5 rings (SSSR count). The van der Waals surface area contributed by atoms with E-state index >= 15 is 0 Å². The number of para-hydroxylation sites is 1. The van der Waals surface area contributed by atoms with Crippen molar-refractivity contribution in [3.05, 3.63) is 83.2 Å². The van der Waals surface area contributed by atoms with E-state index in [1.54, 1.807) is 0 Å². The molecule has 2 fully saturated rings. The molecule has 1 amide bonds. The molecule has 2 saturated heterocycles. The first kappa shape index (κ1) is 24.3. The first-order valence-electron chi connectivity index (χ1n) is 12.6. The van der Waals surface area contributed by atoms with Gasteiger partial charge in [0.1, 0.15) is 17.3 Å². The second-order valence-electron chi connectivity index (χ2n) is 9.80. The molecule has 0 unspecified atom stereocenters. The van der Waals surface area contributed by atoms with Crippen LogP contribution in [0.25, 0.3) is 0 Å². The summed E-state index contributed by atoms with van der Waals surface area (Å²) in [5, 5.41) is 0. The van der Waals surface area contributed by atoms with Crippen LogP contribution in [0.1, 0.15) is 21.6 Å². The SMILES string of the molecule is Cc1ccccc1N1CCN(Cc2cc(C(=O)N3CCN(c4cc(F)cc(F)c4)CC3)n(C)c2)CC1. The van der Waals surface area contributed by atoms with Crippen LogP contribution in [0.2, 0.25) is 0 Å². The molecule has 0 spiro atoms. The molecule has 1 aromatic heterocycles. The normalized spacial score (nSPS) is 17.1. The fraction of sp³-hybridized carbons (Fsp3) is 0.393. The highest BCUT2D eigenvalue weighted by Gasteiger charge is 2.25. The van der Waals surface area contributed by atoms with Crippen LogP contribution in [0, 0.1) is 18.6 Å². The second-order valence-corrected chi connectivity index (χ2v) is 9.80. The van der Waals surface area contributed by atoms with E-state index < -0.39 is 11.6 Å². The van der Waals surface area contributed by atoms with Gasteiger partial charge < -0.3 is 19.3 Å². The van der Waals surface area contributed by atoms with Crippen molar-refractivity contribution in [1.29, 1.82) is 0 Å². The van der Waals surface area contributed by atoms with E-state index in [0.29, 0.717) is 37.6 Å². The van der Waals surface area contributed by atoms with Crippen molar-refractivity contribution < 1.29 is 13.6 Å². The molecule has 190 valence electrons. The Morgan fingerprint density at radius 3 is 2.14 bits per heavy atom. The van der Waals surface area contributed by atoms with E-state index in [1.807, 2.05) is 33.7 Å². The minimum atomic E-state index is -0.587. The molecule has 0 aliphatic carbocycles. The molecule has 2 aliphatic rings. The van der Waals surface area contributed by atoms with Gasteiger partial charge in [0.05, 0.1) is 0 Å². The zero-order valence-electron chi connectivity index (χ0n) is 21.0. The number of amides is 1. The minimum absolute atomic E-state index is 0.00167. The Hall–Kier alpha value is -3.39. The van der Waals surface area contributed by atoms with Crippen LogP contribution in [-0.2, 0) is 13.6 Å². The summed E-state index contributed by atoms with van der Waals surface area (Å²) in [6, 6.07) is 14.1. The fourth-order valence-corrected chi connectivity index (χ4v) is 5.31. The first-order valence-corrected chi connectivity index (χ1v) is 12.6. The van der Waals surface area contributed by atoms with Gasteiger partial charge in [-0.3, -0.25) is 9.69 Å². The Morgan fingerprint density at radius 2 is 1.47 bits per heavy atom. The van der Waals surface area contributed by atoms with Gasteiger partial charge in [0.2, 0.25) is 0 Å². The Bertz CT molecular complexity index is 1210. The van der Waals surface area contributed by atoms with Crippen molar-refractivity contribution in [1.82, 2.24) is 14.4 Å². The number of aromatic nitrogens is 1. The van der Waals surface area contributed by atoms with Gasteiger partial charge in [-0.1, -0.05) is 18.2 Å². The monoisotopic (exact) mass is 493 g/mol. The zero-order valence-corrected chi connectivity index (χ0v) is 21.0. The summed E-state index contributed by atoms with van der Waals surface area (Å²) < 4.78 is 29.1. The average Bonchev–Trinajstić information content (AvgIpc) is 3.23. The smallest absolute Gasteiger partial charge is 0.270 e. The van der Waals surface area contributed by atoms with E-state index in [4.69, 9.17) is 0 Å². The minimum Gasteiger partial charge on any atom is -0.369 e. The van der Waals surface area contributed by atoms with Gasteiger partial charge in [0, 0.05) is 89.6 Å². The topological polar surface area (TPSA) is 35.0 Å². The third-order valence-corrected chi connectivity index (χ3v) is 7.29. The van der Waals surface area contributed by atoms with E-state index in [9.17, 15) is 13.6 Å². The molecule has 3 aromatic rings. The maximum absolute atomic E-state index is 13.6. The molecule has 0 radical (unpaired) electrons. The Morgan fingerprint density at radius 1 is 0.833 bits per heavy atom. The predicted octanol–water partition coefficient (Wildman–Crippen LogP) is 3.90. The molecule has 6 nitrogen and oxygen atoms in total. The highest BCUT2D eigenvalue weighted by atomic mass is 19.1. The van der Waals surface area contributed by atoms with Crippen molar-refractivity contribution in [2.24, 2.45) is 7.05 Å². The summed E-state index contributed by atoms with van der Waals surface area (Å²) in [5.74, 6) is -1.17. The second kappa shape index (κ2) is 10.3. The Balaban J connectivity index is 1.16. The number of nitrogens with zero attached hydrogens (tertiary/aromatic N) is 5. The summed E-state index contributed by atoms with van der Waals surface area (Å²) in [5.41, 5.74) is 4.95. The number of piperazine rings is 2. The van der Waals surface area contributed by atoms with Gasteiger partial charge in [0.15, 0.2) is 0 Å². The van der Waals surface area contributed by atoms with Gasteiger partial charge in [-0.15, -0.1) is 0 Å². The Kier molecular flexibility index (Phi) is 6.96. The van der Waals surface area contributed by atoms with Crippen molar-refractivity contribution in [3.63, 3.8) is 0 Å². The number of hydrogen-bond acceptors (Lipinski definition) is 4. The number of halogens is 2. The summed E-state index contributed by atoms with van der Waals surface area (Å²) in [6.07, 6.45) is 2.05. The molecule has 2 aliphatic heterocycles. The maximum Gasteiger partial charge on any atom is 0.270 e. The highest BCUT2D eigenvalue weighted by Crippen LogP contribution is 2.23. The molecule has 8 heteroatoms. The van der Waals surface area contributed by atoms with Crippen molar-refractivity contribution >= 4 is 17.3 Å². The highest BCUT2D eigenvalue weighted by molar-refractivity contribution is 5.93. The maximum atomic E-state index is 13.6. The van der Waals surface area contributed by atoms with Crippen LogP contribution in [0.3, 0.4) is 0 Å². The standard InChI is InChI=1S/C28H33F2N5O/c1-21-5-3-4-6-26(21)34-9-7-32(8-10-34)20-22-15-27(31(2)19-22)28(36)35-13-11-33(12-14-35)25-17-23(29)16-24(30)18-25/h3-6,15-19H,7-14,20H2,1-2H3. The Labute approximate surface area is 211 Å². The largest absolute Gasteiger partial charge is 0.369 e. The van der Waals surface area contributed by atoms with Gasteiger partial charge in [0.25, 0.3) is 5.91 Å². The number of rotatable bonds is 5. The van der Waals surface area contributed by atoms with Gasteiger partial charge in [-0.25, -0.2) is 8.78 Å². The number of benzene rings is 2. The van der Waals surface area contributed by atoms with Crippen LogP contribution < -0.4 is 9.80 Å². The lowest BCUT2D eigenvalue weighted by Gasteiger charge is -2.36. The molecule has 0 atom stereocenters. The lowest BCUT2D eigenvalue weighted by molar-refractivity contribution is 0.0737. The first-order chi connectivity index (χ1) is 17.4. The van der Waals surface area contributed by atoms with E-state index in [1.165, 1.54) is 23.4 Å². The lowest BCUT2D eigenvalue weighted by atomic mass is 10.1. The van der Waals surface area contributed by atoms with Gasteiger partial charge in [-0.05, 0) is 42.3 Å².